The van der Waals surface area contributed by atoms with Gasteiger partial charge in [0.15, 0.2) is 23.0 Å². The number of aryl methyl sites for hydroxylation is 1. The van der Waals surface area contributed by atoms with E-state index in [4.69, 9.17) is 15.2 Å². The highest BCUT2D eigenvalue weighted by Crippen LogP contribution is 2.33. The molecule has 2 aliphatic rings. The number of hydrogen-bond acceptors (Lipinski definition) is 7. The van der Waals surface area contributed by atoms with Gasteiger partial charge in [-0.25, -0.2) is 9.38 Å². The Balaban J connectivity index is 1.59. The molecule has 3 N–H and O–H groups in total. The number of methoxy groups -OCH3 is 1. The van der Waals surface area contributed by atoms with Crippen LogP contribution >= 0.6 is 0 Å². The monoisotopic (exact) mass is 518 g/mol. The highest BCUT2D eigenvalue weighted by atomic mass is 19.1. The van der Waals surface area contributed by atoms with Gasteiger partial charge in [-0.3, -0.25) is 0 Å². The first kappa shape index (κ1) is 27.0. The van der Waals surface area contributed by atoms with Crippen molar-refractivity contribution in [3.05, 3.63) is 71.5 Å². The highest BCUT2D eigenvalue weighted by Gasteiger charge is 2.23. The standard InChI is InChI=1S/C29H35FN6O2/c1-5-33-29(34-24-10-9-21(17-26(24)37-4)36-14-12-35(3)13-15-36)23(18-31)28(32)38-25-11-8-20-7-6-19(2)16-22(20)27(25)30/h5,8-11,17,19H,1,6-7,12-16,32H2,2-4H3,(H,33,34)/b28-23+/t19-/m0/s1. The van der Waals surface area contributed by atoms with E-state index in [2.05, 4.69) is 40.7 Å². The Morgan fingerprint density at radius 3 is 2.68 bits per heavy atom. The number of amidine groups is 1. The number of aliphatic imine (C=N–C) groups is 1. The molecule has 2 aromatic rings. The Kier molecular flexibility index (Phi) is 8.54. The van der Waals surface area contributed by atoms with Gasteiger partial charge in [-0.1, -0.05) is 19.6 Å². The third-order valence-electron chi connectivity index (χ3n) is 7.11. The lowest BCUT2D eigenvalue weighted by Crippen LogP contribution is -2.44. The van der Waals surface area contributed by atoms with Gasteiger partial charge >= 0.3 is 0 Å². The first-order chi connectivity index (χ1) is 18.3. The maximum atomic E-state index is 15.3. The second kappa shape index (κ2) is 12.0. The second-order valence-electron chi connectivity index (χ2n) is 9.78. The molecule has 2 aromatic carbocycles. The zero-order chi connectivity index (χ0) is 27.2. The van der Waals surface area contributed by atoms with Gasteiger partial charge < -0.3 is 30.3 Å². The summed E-state index contributed by atoms with van der Waals surface area (Å²) in [7, 11) is 3.69. The lowest BCUT2D eigenvalue weighted by molar-refractivity contribution is 0.312. The molecule has 9 heteroatoms. The molecule has 1 atom stereocenters. The number of likely N-dealkylation sites (N-methyl/N-ethyl adjacent to an activating group) is 1. The summed E-state index contributed by atoms with van der Waals surface area (Å²) in [5.41, 5.74) is 9.37. The molecule has 0 bridgehead atoms. The molecular weight excluding hydrogens is 483 g/mol. The number of rotatable bonds is 7. The number of nitrogens with two attached hydrogens (primary N) is 1. The molecular formula is C29H35FN6O2. The van der Waals surface area contributed by atoms with Crippen LogP contribution in [0.25, 0.3) is 0 Å². The summed E-state index contributed by atoms with van der Waals surface area (Å²) >= 11 is 0. The summed E-state index contributed by atoms with van der Waals surface area (Å²) in [4.78, 5) is 8.80. The van der Waals surface area contributed by atoms with Crippen LogP contribution in [0.1, 0.15) is 24.5 Å². The minimum atomic E-state index is -0.439. The average Bonchev–Trinajstić information content (AvgIpc) is 2.91. The van der Waals surface area contributed by atoms with Crippen molar-refractivity contribution in [3.63, 3.8) is 0 Å². The molecule has 0 aromatic heterocycles. The number of anilines is 2. The van der Waals surface area contributed by atoms with Crippen LogP contribution in [0.15, 0.2) is 59.6 Å². The molecule has 0 spiro atoms. The highest BCUT2D eigenvalue weighted by molar-refractivity contribution is 6.11. The summed E-state index contributed by atoms with van der Waals surface area (Å²) in [5.74, 6) is 0.350. The normalized spacial score (nSPS) is 18.7. The number of fused-ring (bicyclic) bond motifs is 1. The number of nitrogens with one attached hydrogen (secondary N) is 1. The van der Waals surface area contributed by atoms with Crippen LogP contribution in [0.4, 0.5) is 15.8 Å². The van der Waals surface area contributed by atoms with E-state index in [0.717, 1.165) is 50.3 Å². The smallest absolute Gasteiger partial charge is 0.212 e. The summed E-state index contributed by atoms with van der Waals surface area (Å²) in [6.07, 6.45) is 3.79. The fourth-order valence-electron chi connectivity index (χ4n) is 4.84. The second-order valence-corrected chi connectivity index (χ2v) is 9.78. The van der Waals surface area contributed by atoms with E-state index in [0.29, 0.717) is 29.3 Å². The predicted octanol–water partition coefficient (Wildman–Crippen LogP) is 4.44. The minimum Gasteiger partial charge on any atom is -0.494 e. The first-order valence-corrected chi connectivity index (χ1v) is 12.8. The van der Waals surface area contributed by atoms with Crippen LogP contribution in [0, 0.1) is 23.1 Å². The molecule has 1 fully saturated rings. The van der Waals surface area contributed by atoms with Gasteiger partial charge in [0.25, 0.3) is 0 Å². The van der Waals surface area contributed by atoms with Crippen LogP contribution in [0.2, 0.25) is 0 Å². The molecule has 0 radical (unpaired) electrons. The van der Waals surface area contributed by atoms with Crippen LogP contribution in [-0.4, -0.2) is 51.1 Å². The van der Waals surface area contributed by atoms with Gasteiger partial charge in [-0.15, -0.1) is 0 Å². The molecule has 0 unspecified atom stereocenters. The van der Waals surface area contributed by atoms with Crippen molar-refractivity contribution in [2.45, 2.75) is 26.2 Å². The molecule has 8 nitrogen and oxygen atoms in total. The zero-order valence-electron chi connectivity index (χ0n) is 22.3. The van der Waals surface area contributed by atoms with Gasteiger partial charge in [0, 0.05) is 44.1 Å². The van der Waals surface area contributed by atoms with E-state index in [-0.39, 0.29) is 23.0 Å². The quantitative estimate of drug-likeness (QED) is 0.242. The molecule has 4 rings (SSSR count). The Morgan fingerprint density at radius 1 is 1.24 bits per heavy atom. The number of hydrogen-bond donors (Lipinski definition) is 2. The minimum absolute atomic E-state index is 0.0184. The van der Waals surface area contributed by atoms with Gasteiger partial charge in [0.05, 0.1) is 12.8 Å². The summed E-state index contributed by atoms with van der Waals surface area (Å²) in [6, 6.07) is 11.2. The van der Waals surface area contributed by atoms with E-state index < -0.39 is 5.82 Å². The number of piperazine rings is 1. The Morgan fingerprint density at radius 2 is 2.00 bits per heavy atom. The number of nitriles is 1. The first-order valence-electron chi connectivity index (χ1n) is 12.8. The van der Waals surface area contributed by atoms with Crippen molar-refractivity contribution in [1.29, 1.82) is 5.26 Å². The van der Waals surface area contributed by atoms with Crippen molar-refractivity contribution in [2.24, 2.45) is 16.6 Å². The van der Waals surface area contributed by atoms with Gasteiger partial charge in [0.1, 0.15) is 11.8 Å². The molecule has 38 heavy (non-hydrogen) atoms. The van der Waals surface area contributed by atoms with Gasteiger partial charge in [-0.05, 0) is 61.6 Å². The van der Waals surface area contributed by atoms with E-state index >= 15 is 4.39 Å². The van der Waals surface area contributed by atoms with Crippen LogP contribution in [0.3, 0.4) is 0 Å². The van der Waals surface area contributed by atoms with E-state index in [1.165, 1.54) is 6.20 Å². The SMILES string of the molecule is C=C/N=C(Nc1ccc(N2CCN(C)CC2)cc1OC)\C(C#N)=C(/N)Oc1ccc2c(c1F)C[C@@H](C)CC2. The van der Waals surface area contributed by atoms with Gasteiger partial charge in [-0.2, -0.15) is 5.26 Å². The largest absolute Gasteiger partial charge is 0.494 e. The third kappa shape index (κ3) is 5.92. The summed E-state index contributed by atoms with van der Waals surface area (Å²) in [6.45, 7) is 9.56. The number of ether oxygens (including phenoxy) is 2. The van der Waals surface area contributed by atoms with Crippen LogP contribution in [-0.2, 0) is 12.8 Å². The molecule has 1 aliphatic carbocycles. The van der Waals surface area contributed by atoms with Crippen LogP contribution < -0.4 is 25.4 Å². The van der Waals surface area contributed by atoms with Gasteiger partial charge in [0.2, 0.25) is 5.88 Å². The number of benzene rings is 2. The van der Waals surface area contributed by atoms with E-state index in [1.807, 2.05) is 30.3 Å². The molecule has 0 saturated carbocycles. The van der Waals surface area contributed by atoms with Crippen molar-refractivity contribution >= 4 is 17.2 Å². The molecule has 1 heterocycles. The molecule has 0 amide bonds. The Labute approximate surface area is 223 Å². The maximum Gasteiger partial charge on any atom is 0.212 e. The van der Waals surface area contributed by atoms with E-state index in [9.17, 15) is 5.26 Å². The molecule has 1 aliphatic heterocycles. The average molecular weight is 519 g/mol. The maximum absolute atomic E-state index is 15.3. The summed E-state index contributed by atoms with van der Waals surface area (Å²) in [5, 5.41) is 13.1. The topological polar surface area (TPSA) is 99.1 Å². The van der Waals surface area contributed by atoms with Crippen molar-refractivity contribution in [3.8, 4) is 17.6 Å². The van der Waals surface area contributed by atoms with Crippen LogP contribution in [0.5, 0.6) is 11.5 Å². The third-order valence-corrected chi connectivity index (χ3v) is 7.11. The van der Waals surface area contributed by atoms with E-state index in [1.54, 1.807) is 13.2 Å². The molecule has 1 saturated heterocycles. The molecule has 200 valence electrons. The summed E-state index contributed by atoms with van der Waals surface area (Å²) < 4.78 is 26.6. The lowest BCUT2D eigenvalue weighted by atomic mass is 9.84. The fraction of sp³-hybridized carbons (Fsp3) is 0.379. The van der Waals surface area contributed by atoms with Crippen molar-refractivity contribution < 1.29 is 13.9 Å². The number of halogens is 1. The van der Waals surface area contributed by atoms with Crippen molar-refractivity contribution in [2.75, 3.05) is 50.6 Å². The zero-order valence-corrected chi connectivity index (χ0v) is 22.3. The number of nitrogens with zero attached hydrogens (tertiary/aromatic N) is 4. The Bertz CT molecular complexity index is 1290. The fourth-order valence-corrected chi connectivity index (χ4v) is 4.84. The lowest BCUT2D eigenvalue weighted by Gasteiger charge is -2.34. The Hall–Kier alpha value is -4.03. The van der Waals surface area contributed by atoms with Crippen molar-refractivity contribution in [1.82, 2.24) is 4.90 Å². The predicted molar refractivity (Wildman–Crippen MR) is 149 cm³/mol.